The summed E-state index contributed by atoms with van der Waals surface area (Å²) in [5, 5.41) is 0. The molecule has 4 aromatic carbocycles. The third-order valence-corrected chi connectivity index (χ3v) is 8.52. The lowest BCUT2D eigenvalue weighted by molar-refractivity contribution is 0.660. The minimum Gasteiger partial charge on any atom is -0.256 e. The van der Waals surface area contributed by atoms with Gasteiger partial charge in [0.25, 0.3) is 0 Å². The van der Waals surface area contributed by atoms with E-state index in [1.165, 1.54) is 61.2 Å². The molecule has 7 rings (SSSR count). The maximum Gasteiger partial charge on any atom is 0.0752 e. The Bertz CT molecular complexity index is 1690. The van der Waals surface area contributed by atoms with E-state index < -0.39 is 0 Å². The molecule has 1 aromatic heterocycles. The lowest BCUT2D eigenvalue weighted by Crippen LogP contribution is -2.16. The van der Waals surface area contributed by atoms with Crippen LogP contribution in [0, 0.1) is 0 Å². The zero-order chi connectivity index (χ0) is 24.7. The van der Waals surface area contributed by atoms with Crippen molar-refractivity contribution in [3.8, 4) is 44.6 Å². The van der Waals surface area contributed by atoms with Crippen LogP contribution in [-0.2, 0) is 10.8 Å². The van der Waals surface area contributed by atoms with Crippen LogP contribution in [-0.4, -0.2) is 4.98 Å². The van der Waals surface area contributed by atoms with Crippen LogP contribution in [0.2, 0.25) is 0 Å². The minimum absolute atomic E-state index is 0.00126. The van der Waals surface area contributed by atoms with Gasteiger partial charge in [-0.05, 0) is 73.8 Å². The van der Waals surface area contributed by atoms with Gasteiger partial charge in [0.05, 0.1) is 5.69 Å². The molecular weight excluding hydrogens is 434 g/mol. The normalized spacial score (nSPS) is 15.7. The standard InChI is InChI=1S/C35H29N/c1-34(2)29-14-7-5-12-26(29)27-17-16-23(21-31(27)34)22-10-9-11-24(20-22)25-18-19-36-33-28-13-6-8-15-30(28)35(3,4)32(25)33/h5-21H,1-4H3. The molecule has 0 fully saturated rings. The van der Waals surface area contributed by atoms with Crippen molar-refractivity contribution in [2.75, 3.05) is 0 Å². The molecule has 0 amide bonds. The summed E-state index contributed by atoms with van der Waals surface area (Å²) < 4.78 is 0. The Morgan fingerprint density at radius 2 is 1.11 bits per heavy atom. The number of hydrogen-bond acceptors (Lipinski definition) is 1. The summed E-state index contributed by atoms with van der Waals surface area (Å²) in [5.74, 6) is 0. The fourth-order valence-corrected chi connectivity index (χ4v) is 6.66. The van der Waals surface area contributed by atoms with E-state index in [9.17, 15) is 0 Å². The first-order valence-electron chi connectivity index (χ1n) is 12.8. The topological polar surface area (TPSA) is 12.9 Å². The van der Waals surface area contributed by atoms with Crippen LogP contribution in [0.4, 0.5) is 0 Å². The molecule has 0 radical (unpaired) electrons. The predicted octanol–water partition coefficient (Wildman–Crippen LogP) is 9.03. The highest BCUT2D eigenvalue weighted by Gasteiger charge is 2.38. The van der Waals surface area contributed by atoms with Crippen molar-refractivity contribution in [1.29, 1.82) is 0 Å². The Morgan fingerprint density at radius 3 is 1.92 bits per heavy atom. The lowest BCUT2D eigenvalue weighted by Gasteiger charge is -2.24. The van der Waals surface area contributed by atoms with E-state index in [1.54, 1.807) is 0 Å². The van der Waals surface area contributed by atoms with Crippen LogP contribution in [0.5, 0.6) is 0 Å². The molecule has 2 aliphatic rings. The number of fused-ring (bicyclic) bond motifs is 6. The van der Waals surface area contributed by atoms with E-state index in [2.05, 4.69) is 125 Å². The van der Waals surface area contributed by atoms with E-state index in [0.717, 1.165) is 5.69 Å². The van der Waals surface area contributed by atoms with Crippen LogP contribution < -0.4 is 0 Å². The first-order chi connectivity index (χ1) is 17.4. The first-order valence-corrected chi connectivity index (χ1v) is 12.8. The Labute approximate surface area is 213 Å². The number of pyridine rings is 1. The molecule has 2 aliphatic carbocycles. The monoisotopic (exact) mass is 463 g/mol. The third-order valence-electron chi connectivity index (χ3n) is 8.52. The zero-order valence-corrected chi connectivity index (χ0v) is 21.3. The second-order valence-corrected chi connectivity index (χ2v) is 11.3. The molecule has 0 aliphatic heterocycles. The number of rotatable bonds is 2. The summed E-state index contributed by atoms with van der Waals surface area (Å²) >= 11 is 0. The maximum atomic E-state index is 4.84. The highest BCUT2D eigenvalue weighted by Crippen LogP contribution is 2.52. The van der Waals surface area contributed by atoms with E-state index in [-0.39, 0.29) is 10.8 Å². The molecule has 0 N–H and O–H groups in total. The minimum atomic E-state index is -0.0884. The van der Waals surface area contributed by atoms with Crippen LogP contribution in [0.15, 0.2) is 103 Å². The van der Waals surface area contributed by atoms with Crippen molar-refractivity contribution in [3.63, 3.8) is 0 Å². The molecule has 1 heteroatoms. The first kappa shape index (κ1) is 21.3. The van der Waals surface area contributed by atoms with Gasteiger partial charge in [-0.2, -0.15) is 0 Å². The van der Waals surface area contributed by atoms with Crippen molar-refractivity contribution in [3.05, 3.63) is 126 Å². The quantitative estimate of drug-likeness (QED) is 0.254. The molecule has 1 nitrogen and oxygen atoms in total. The van der Waals surface area contributed by atoms with E-state index >= 15 is 0 Å². The van der Waals surface area contributed by atoms with Gasteiger partial charge in [-0.15, -0.1) is 0 Å². The van der Waals surface area contributed by atoms with Gasteiger partial charge in [-0.3, -0.25) is 4.98 Å². The molecule has 0 atom stereocenters. The van der Waals surface area contributed by atoms with Gasteiger partial charge >= 0.3 is 0 Å². The molecule has 0 unspecified atom stereocenters. The maximum absolute atomic E-state index is 4.84. The van der Waals surface area contributed by atoms with Crippen molar-refractivity contribution < 1.29 is 0 Å². The van der Waals surface area contributed by atoms with E-state index in [0.29, 0.717) is 0 Å². The van der Waals surface area contributed by atoms with Gasteiger partial charge in [-0.1, -0.05) is 107 Å². The highest BCUT2D eigenvalue weighted by molar-refractivity contribution is 5.88. The van der Waals surface area contributed by atoms with Gasteiger partial charge in [-0.25, -0.2) is 0 Å². The second kappa shape index (κ2) is 7.27. The Hall–Kier alpha value is -3.97. The van der Waals surface area contributed by atoms with Gasteiger partial charge in [0, 0.05) is 22.6 Å². The number of benzene rings is 4. The molecule has 0 spiro atoms. The third kappa shape index (κ3) is 2.80. The molecule has 174 valence electrons. The molecule has 0 saturated carbocycles. The van der Waals surface area contributed by atoms with Gasteiger partial charge in [0.15, 0.2) is 0 Å². The number of hydrogen-bond donors (Lipinski definition) is 0. The number of nitrogens with zero attached hydrogens (tertiary/aromatic N) is 1. The van der Waals surface area contributed by atoms with Crippen LogP contribution in [0.1, 0.15) is 49.9 Å². The molecular formula is C35H29N. The average molecular weight is 464 g/mol. The summed E-state index contributed by atoms with van der Waals surface area (Å²) in [6, 6.07) is 35.8. The van der Waals surface area contributed by atoms with Crippen molar-refractivity contribution in [2.24, 2.45) is 0 Å². The summed E-state index contributed by atoms with van der Waals surface area (Å²) in [6.45, 7) is 9.34. The lowest BCUT2D eigenvalue weighted by atomic mass is 9.79. The SMILES string of the molecule is CC1(C)c2ccccc2-c2ccc(-c3cccc(-c4ccnc5c4C(C)(C)c4ccccc4-5)c3)cc21. The zero-order valence-electron chi connectivity index (χ0n) is 21.3. The van der Waals surface area contributed by atoms with Crippen LogP contribution in [0.25, 0.3) is 44.6 Å². The average Bonchev–Trinajstić information content (AvgIpc) is 3.29. The van der Waals surface area contributed by atoms with E-state index in [1.807, 2.05) is 6.20 Å². The fraction of sp³-hybridized carbons (Fsp3) is 0.171. The van der Waals surface area contributed by atoms with Crippen molar-refractivity contribution in [2.45, 2.75) is 38.5 Å². The van der Waals surface area contributed by atoms with Crippen LogP contribution in [0.3, 0.4) is 0 Å². The fourth-order valence-electron chi connectivity index (χ4n) is 6.66. The molecule has 0 saturated heterocycles. The number of aromatic nitrogens is 1. The Morgan fingerprint density at radius 1 is 0.472 bits per heavy atom. The van der Waals surface area contributed by atoms with Gasteiger partial charge < -0.3 is 0 Å². The van der Waals surface area contributed by atoms with Crippen molar-refractivity contribution >= 4 is 0 Å². The predicted molar refractivity (Wildman–Crippen MR) is 150 cm³/mol. The summed E-state index contributed by atoms with van der Waals surface area (Å²) in [5.41, 5.74) is 15.6. The van der Waals surface area contributed by atoms with Gasteiger partial charge in [0.1, 0.15) is 0 Å². The van der Waals surface area contributed by atoms with E-state index in [4.69, 9.17) is 4.98 Å². The summed E-state index contributed by atoms with van der Waals surface area (Å²) in [6.07, 6.45) is 1.97. The van der Waals surface area contributed by atoms with Crippen LogP contribution >= 0.6 is 0 Å². The molecule has 36 heavy (non-hydrogen) atoms. The van der Waals surface area contributed by atoms with Crippen molar-refractivity contribution in [1.82, 2.24) is 4.98 Å². The summed E-state index contributed by atoms with van der Waals surface area (Å²) in [4.78, 5) is 4.84. The summed E-state index contributed by atoms with van der Waals surface area (Å²) in [7, 11) is 0. The highest BCUT2D eigenvalue weighted by atomic mass is 14.7. The molecule has 1 heterocycles. The Kier molecular flexibility index (Phi) is 4.31. The Balaban J connectivity index is 1.36. The second-order valence-electron chi connectivity index (χ2n) is 11.3. The molecule has 0 bridgehead atoms. The molecule has 5 aromatic rings. The smallest absolute Gasteiger partial charge is 0.0752 e. The van der Waals surface area contributed by atoms with Gasteiger partial charge in [0.2, 0.25) is 0 Å². The largest absolute Gasteiger partial charge is 0.256 e.